The number of fused-ring (bicyclic) bond motifs is 2. The molecule has 3 atom stereocenters. The van der Waals surface area contributed by atoms with Crippen LogP contribution in [-0.2, 0) is 20.1 Å². The van der Waals surface area contributed by atoms with Crippen molar-refractivity contribution in [1.29, 1.82) is 0 Å². The van der Waals surface area contributed by atoms with E-state index < -0.39 is 0 Å². The summed E-state index contributed by atoms with van der Waals surface area (Å²) in [7, 11) is 0. The van der Waals surface area contributed by atoms with Gasteiger partial charge in [-0.15, -0.1) is 11.8 Å². The molecule has 0 N–H and O–H groups in total. The van der Waals surface area contributed by atoms with Crippen molar-refractivity contribution >= 4 is 29.5 Å². The van der Waals surface area contributed by atoms with Crippen LogP contribution in [0.2, 0.25) is 0 Å². The predicted octanol–water partition coefficient (Wildman–Crippen LogP) is 2.59. The van der Waals surface area contributed by atoms with Gasteiger partial charge in [0.25, 0.3) is 0 Å². The number of imide groups is 1. The molecule has 1 aromatic carbocycles. The van der Waals surface area contributed by atoms with E-state index in [9.17, 15) is 14.4 Å². The van der Waals surface area contributed by atoms with Crippen molar-refractivity contribution in [3.05, 3.63) is 35.9 Å². The maximum absolute atomic E-state index is 12.8. The van der Waals surface area contributed by atoms with Crippen LogP contribution in [0.15, 0.2) is 30.3 Å². The molecule has 138 valence electrons. The number of thioether (sulfide) groups is 1. The molecule has 3 aliphatic heterocycles. The number of piperidine rings is 1. The smallest absolute Gasteiger partial charge is 0.233 e. The first-order valence-corrected chi connectivity index (χ1v) is 10.6. The third-order valence-corrected chi connectivity index (χ3v) is 6.78. The minimum atomic E-state index is -0.0300. The Morgan fingerprint density at radius 3 is 2.19 bits per heavy atom. The molecule has 1 unspecified atom stereocenters. The Bertz CT molecular complexity index is 678. The third kappa shape index (κ3) is 3.39. The van der Waals surface area contributed by atoms with Gasteiger partial charge in [-0.05, 0) is 31.2 Å². The SMILES string of the molecule is O=C1CCC(=O)N1C1C[C@H]2CC[C@@H](C1)N2C(=O)CSCc1ccccc1. The van der Waals surface area contributed by atoms with Crippen molar-refractivity contribution in [2.45, 2.75) is 62.4 Å². The van der Waals surface area contributed by atoms with Crippen molar-refractivity contribution in [3.8, 4) is 0 Å². The van der Waals surface area contributed by atoms with Gasteiger partial charge in [0.2, 0.25) is 17.7 Å². The number of carbonyl (C=O) groups is 3. The molecule has 6 heteroatoms. The van der Waals surface area contributed by atoms with Crippen LogP contribution in [0, 0.1) is 0 Å². The van der Waals surface area contributed by atoms with Gasteiger partial charge in [0.1, 0.15) is 0 Å². The zero-order valence-electron chi connectivity index (χ0n) is 14.8. The highest BCUT2D eigenvalue weighted by atomic mass is 32.2. The zero-order valence-corrected chi connectivity index (χ0v) is 15.6. The Morgan fingerprint density at radius 2 is 1.58 bits per heavy atom. The molecular formula is C20H24N2O3S. The van der Waals surface area contributed by atoms with Crippen LogP contribution in [0.5, 0.6) is 0 Å². The highest BCUT2D eigenvalue weighted by Gasteiger charge is 2.47. The molecule has 3 amide bonds. The van der Waals surface area contributed by atoms with E-state index >= 15 is 0 Å². The summed E-state index contributed by atoms with van der Waals surface area (Å²) in [5.41, 5.74) is 1.23. The van der Waals surface area contributed by atoms with Gasteiger partial charge in [-0.25, -0.2) is 0 Å². The Labute approximate surface area is 158 Å². The van der Waals surface area contributed by atoms with Gasteiger partial charge in [-0.2, -0.15) is 0 Å². The lowest BCUT2D eigenvalue weighted by Gasteiger charge is -2.41. The average molecular weight is 372 g/mol. The first-order valence-electron chi connectivity index (χ1n) is 9.41. The van der Waals surface area contributed by atoms with E-state index in [4.69, 9.17) is 0 Å². The summed E-state index contributed by atoms with van der Waals surface area (Å²) in [6.07, 6.45) is 4.19. The van der Waals surface area contributed by atoms with Crippen LogP contribution in [0.4, 0.5) is 0 Å². The standard InChI is InChI=1S/C20H24N2O3S/c23-18-8-9-19(24)22(18)17-10-15-6-7-16(11-17)21(15)20(25)13-26-12-14-4-2-1-3-5-14/h1-5,15-17H,6-13H2/t15-,16+,17?. The van der Waals surface area contributed by atoms with E-state index in [2.05, 4.69) is 17.0 Å². The lowest BCUT2D eigenvalue weighted by atomic mass is 9.96. The quantitative estimate of drug-likeness (QED) is 0.746. The molecular weight excluding hydrogens is 348 g/mol. The second-order valence-corrected chi connectivity index (χ2v) is 8.43. The van der Waals surface area contributed by atoms with Gasteiger partial charge in [-0.3, -0.25) is 19.3 Å². The van der Waals surface area contributed by atoms with Gasteiger partial charge >= 0.3 is 0 Å². The molecule has 4 rings (SSSR count). The maximum atomic E-state index is 12.8. The van der Waals surface area contributed by atoms with Gasteiger partial charge < -0.3 is 4.90 Å². The number of hydrogen-bond acceptors (Lipinski definition) is 4. The van der Waals surface area contributed by atoms with Crippen molar-refractivity contribution < 1.29 is 14.4 Å². The fourth-order valence-corrected chi connectivity index (χ4v) is 5.53. The first-order chi connectivity index (χ1) is 12.6. The number of carbonyl (C=O) groups excluding carboxylic acids is 3. The van der Waals surface area contributed by atoms with Gasteiger partial charge in [0, 0.05) is 36.7 Å². The molecule has 0 aliphatic carbocycles. The van der Waals surface area contributed by atoms with Crippen molar-refractivity contribution in [2.75, 3.05) is 5.75 Å². The molecule has 3 fully saturated rings. The molecule has 0 spiro atoms. The molecule has 26 heavy (non-hydrogen) atoms. The molecule has 3 aliphatic rings. The van der Waals surface area contributed by atoms with E-state index in [1.807, 2.05) is 18.2 Å². The van der Waals surface area contributed by atoms with Crippen molar-refractivity contribution in [1.82, 2.24) is 9.80 Å². The van der Waals surface area contributed by atoms with Crippen LogP contribution >= 0.6 is 11.8 Å². The van der Waals surface area contributed by atoms with E-state index in [1.54, 1.807) is 11.8 Å². The third-order valence-electron chi connectivity index (χ3n) is 5.79. The topological polar surface area (TPSA) is 57.7 Å². The lowest BCUT2D eigenvalue weighted by Crippen LogP contribution is -2.54. The molecule has 0 aromatic heterocycles. The van der Waals surface area contributed by atoms with Crippen LogP contribution in [-0.4, -0.2) is 51.4 Å². The highest BCUT2D eigenvalue weighted by molar-refractivity contribution is 7.99. The van der Waals surface area contributed by atoms with Crippen LogP contribution in [0.25, 0.3) is 0 Å². The number of hydrogen-bond donors (Lipinski definition) is 0. The number of benzene rings is 1. The Balaban J connectivity index is 1.33. The zero-order chi connectivity index (χ0) is 18.1. The number of likely N-dealkylation sites (tertiary alicyclic amines) is 1. The van der Waals surface area contributed by atoms with Gasteiger partial charge in [0.15, 0.2) is 0 Å². The number of amides is 3. The second kappa shape index (κ2) is 7.43. The molecule has 3 heterocycles. The summed E-state index contributed by atoms with van der Waals surface area (Å²) >= 11 is 1.66. The maximum Gasteiger partial charge on any atom is 0.233 e. The van der Waals surface area contributed by atoms with Crippen LogP contribution < -0.4 is 0 Å². The molecule has 0 saturated carbocycles. The molecule has 0 radical (unpaired) electrons. The first kappa shape index (κ1) is 17.6. The van der Waals surface area contributed by atoms with Crippen LogP contribution in [0.3, 0.4) is 0 Å². The van der Waals surface area contributed by atoms with Gasteiger partial charge in [0.05, 0.1) is 5.75 Å². The lowest BCUT2D eigenvalue weighted by molar-refractivity contribution is -0.144. The number of rotatable bonds is 5. The monoisotopic (exact) mass is 372 g/mol. The van der Waals surface area contributed by atoms with Crippen molar-refractivity contribution in [2.24, 2.45) is 0 Å². The highest BCUT2D eigenvalue weighted by Crippen LogP contribution is 2.39. The summed E-state index contributed by atoms with van der Waals surface area (Å²) in [6.45, 7) is 0. The minimum Gasteiger partial charge on any atom is -0.336 e. The summed E-state index contributed by atoms with van der Waals surface area (Å²) in [5.74, 6) is 1.48. The van der Waals surface area contributed by atoms with Gasteiger partial charge in [-0.1, -0.05) is 30.3 Å². The largest absolute Gasteiger partial charge is 0.336 e. The second-order valence-electron chi connectivity index (χ2n) is 7.45. The average Bonchev–Trinajstić information content (AvgIpc) is 3.11. The fraction of sp³-hybridized carbons (Fsp3) is 0.550. The van der Waals surface area contributed by atoms with Crippen LogP contribution in [0.1, 0.15) is 44.1 Å². The Morgan fingerprint density at radius 1 is 0.962 bits per heavy atom. The minimum absolute atomic E-state index is 0.00368. The molecule has 3 saturated heterocycles. The van der Waals surface area contributed by atoms with E-state index in [0.29, 0.717) is 18.6 Å². The Hall–Kier alpha value is -1.82. The fourth-order valence-electron chi connectivity index (χ4n) is 4.67. The normalized spacial score (nSPS) is 28.1. The molecule has 2 bridgehead atoms. The summed E-state index contributed by atoms with van der Waals surface area (Å²) in [5, 5.41) is 0. The summed E-state index contributed by atoms with van der Waals surface area (Å²) in [6, 6.07) is 10.6. The predicted molar refractivity (Wildman–Crippen MR) is 100 cm³/mol. The molecule has 1 aromatic rings. The van der Waals surface area contributed by atoms with Crippen molar-refractivity contribution in [3.63, 3.8) is 0 Å². The summed E-state index contributed by atoms with van der Waals surface area (Å²) < 4.78 is 0. The van der Waals surface area contributed by atoms with E-state index in [1.165, 1.54) is 10.5 Å². The summed E-state index contributed by atoms with van der Waals surface area (Å²) in [4.78, 5) is 40.4. The molecule has 5 nitrogen and oxygen atoms in total. The Kier molecular flexibility index (Phi) is 5.02. The van der Waals surface area contributed by atoms with E-state index in [-0.39, 0.29) is 35.8 Å². The number of nitrogens with zero attached hydrogens (tertiary/aromatic N) is 2. The van der Waals surface area contributed by atoms with E-state index in [0.717, 1.165) is 31.4 Å².